The summed E-state index contributed by atoms with van der Waals surface area (Å²) in [6.45, 7) is 0. The van der Waals surface area contributed by atoms with Gasteiger partial charge in [0.2, 0.25) is 15.3 Å². The first kappa shape index (κ1) is 25.5. The molecule has 0 bridgehead atoms. The summed E-state index contributed by atoms with van der Waals surface area (Å²) < 4.78 is 78.9. The molecule has 2 N–H and O–H groups in total. The molecule has 0 fully saturated rings. The van der Waals surface area contributed by atoms with Crippen LogP contribution in [0.15, 0.2) is 47.5 Å². The van der Waals surface area contributed by atoms with Gasteiger partial charge in [0.05, 0.1) is 21.8 Å². The summed E-state index contributed by atoms with van der Waals surface area (Å²) in [7, 11) is -4.95. The van der Waals surface area contributed by atoms with E-state index in [1.165, 1.54) is 18.3 Å². The van der Waals surface area contributed by atoms with Gasteiger partial charge in [0.1, 0.15) is 15.5 Å². The highest BCUT2D eigenvalue weighted by Gasteiger charge is 2.39. The van der Waals surface area contributed by atoms with E-state index in [-0.39, 0.29) is 11.0 Å². The van der Waals surface area contributed by atoms with Gasteiger partial charge >= 0.3 is 6.18 Å². The number of hydrogen-bond acceptors (Lipinski definition) is 5. The van der Waals surface area contributed by atoms with E-state index < -0.39 is 64.8 Å². The van der Waals surface area contributed by atoms with E-state index >= 15 is 4.39 Å². The number of ketones is 1. The van der Waals surface area contributed by atoms with Gasteiger partial charge in [-0.1, -0.05) is 45.7 Å². The predicted octanol–water partition coefficient (Wildman–Crippen LogP) is 5.57. The zero-order valence-electron chi connectivity index (χ0n) is 15.9. The summed E-state index contributed by atoms with van der Waals surface area (Å²) in [4.78, 5) is 17.9. The largest absolute Gasteiger partial charge is 0.417 e. The van der Waals surface area contributed by atoms with Crippen LogP contribution in [0.25, 0.3) is 11.1 Å². The average Bonchev–Trinajstić information content (AvgIpc) is 2.71. The van der Waals surface area contributed by atoms with Gasteiger partial charge in [-0.3, -0.25) is 4.79 Å². The van der Waals surface area contributed by atoms with Crippen LogP contribution in [-0.2, 0) is 16.2 Å². The summed E-state index contributed by atoms with van der Waals surface area (Å²) in [5, 5.41) is 3.86. The third-order valence-corrected chi connectivity index (χ3v) is 6.94. The molecule has 6 nitrogen and oxygen atoms in total. The van der Waals surface area contributed by atoms with E-state index in [2.05, 4.69) is 25.9 Å². The Labute approximate surface area is 202 Å². The summed E-state index contributed by atoms with van der Waals surface area (Å²) in [6, 6.07) is 6.10. The van der Waals surface area contributed by atoms with Gasteiger partial charge in [0, 0.05) is 17.3 Å². The number of primary sulfonamides is 1. The van der Waals surface area contributed by atoms with Crippen molar-refractivity contribution >= 4 is 54.9 Å². The predicted molar refractivity (Wildman–Crippen MR) is 116 cm³/mol. The number of sulfonamides is 1. The first-order chi connectivity index (χ1) is 15.2. The zero-order valence-corrected chi connectivity index (χ0v) is 19.8. The van der Waals surface area contributed by atoms with Gasteiger partial charge in [0.25, 0.3) is 0 Å². The number of carbonyl (C=O) groups is 1. The van der Waals surface area contributed by atoms with Gasteiger partial charge in [-0.05, 0) is 29.8 Å². The van der Waals surface area contributed by atoms with Crippen molar-refractivity contribution in [2.45, 2.75) is 15.9 Å². The minimum atomic E-state index is -5.09. The van der Waals surface area contributed by atoms with Gasteiger partial charge in [-0.2, -0.15) is 13.2 Å². The summed E-state index contributed by atoms with van der Waals surface area (Å²) in [5.41, 5.74) is -2.75. The number of benzene rings is 2. The molecule has 1 unspecified atom stereocenters. The van der Waals surface area contributed by atoms with Crippen molar-refractivity contribution in [1.82, 2.24) is 9.97 Å². The summed E-state index contributed by atoms with van der Waals surface area (Å²) in [6.07, 6.45) is -3.81. The summed E-state index contributed by atoms with van der Waals surface area (Å²) in [5.74, 6) is -1.94. The molecular formula is C19H10BrCl2F4N3O3S. The molecule has 1 atom stereocenters. The normalized spacial score (nSPS) is 13.1. The number of nitrogens with zero attached hydrogens (tertiary/aromatic N) is 2. The molecule has 0 aliphatic heterocycles. The van der Waals surface area contributed by atoms with Crippen LogP contribution in [0.3, 0.4) is 0 Å². The lowest BCUT2D eigenvalue weighted by molar-refractivity contribution is -0.139. The highest BCUT2D eigenvalue weighted by molar-refractivity contribution is 9.09. The molecular weight excluding hydrogens is 577 g/mol. The van der Waals surface area contributed by atoms with Crippen molar-refractivity contribution in [3.05, 3.63) is 75.5 Å². The van der Waals surface area contributed by atoms with E-state index in [9.17, 15) is 26.4 Å². The molecule has 3 rings (SSSR count). The number of hydrogen-bond donors (Lipinski definition) is 1. The van der Waals surface area contributed by atoms with E-state index in [1.54, 1.807) is 0 Å². The molecule has 0 saturated carbocycles. The molecule has 2 aromatic carbocycles. The molecule has 0 aliphatic rings. The van der Waals surface area contributed by atoms with Crippen LogP contribution >= 0.6 is 39.1 Å². The third-order valence-electron chi connectivity index (χ3n) is 4.38. The van der Waals surface area contributed by atoms with Gasteiger partial charge in [-0.25, -0.2) is 27.9 Å². The van der Waals surface area contributed by atoms with Crippen molar-refractivity contribution in [3.8, 4) is 11.1 Å². The van der Waals surface area contributed by atoms with Crippen LogP contribution in [0.2, 0.25) is 10.3 Å². The minimum Gasteiger partial charge on any atom is -0.292 e. The lowest BCUT2D eigenvalue weighted by atomic mass is 9.97. The van der Waals surface area contributed by atoms with E-state index in [0.717, 1.165) is 18.2 Å². The fourth-order valence-corrected chi connectivity index (χ4v) is 5.05. The third kappa shape index (κ3) is 5.19. The zero-order chi connectivity index (χ0) is 24.7. The molecule has 0 radical (unpaired) electrons. The molecule has 1 aromatic heterocycles. The number of aromatic nitrogens is 2. The monoisotopic (exact) mass is 585 g/mol. The molecule has 0 aliphatic carbocycles. The van der Waals surface area contributed by atoms with Gasteiger partial charge in [0.15, 0.2) is 5.78 Å². The minimum absolute atomic E-state index is 0.133. The lowest BCUT2D eigenvalue weighted by Gasteiger charge is -2.17. The number of alkyl halides is 4. The number of carbonyl (C=O) groups excluding carboxylic acids is 1. The molecule has 0 amide bonds. The van der Waals surface area contributed by atoms with Crippen LogP contribution in [-0.4, -0.2) is 24.2 Å². The second-order valence-electron chi connectivity index (χ2n) is 6.49. The van der Waals surface area contributed by atoms with Crippen molar-refractivity contribution in [2.75, 3.05) is 0 Å². The lowest BCUT2D eigenvalue weighted by Crippen LogP contribution is -2.20. The Bertz CT molecular complexity index is 1370. The van der Waals surface area contributed by atoms with Crippen LogP contribution in [0.4, 0.5) is 17.6 Å². The maximum atomic E-state index is 15.3. The standard InChI is InChI=1S/C19H10BrCl2F4N3O3S/c20-13(12-6-7-28-18(22)29-12)16(30)10-3-1-2-9(15(10)23)8-4-5-11(19(24,25)26)17(14(8)21)33(27,31)32/h1-7,13H,(H2,27,31,32). The number of Topliss-reactive ketones (excluding diaryl/α,β-unsaturated/α-hetero) is 1. The van der Waals surface area contributed by atoms with Crippen molar-refractivity contribution in [1.29, 1.82) is 0 Å². The number of nitrogens with two attached hydrogens (primary N) is 1. The molecule has 0 saturated heterocycles. The SMILES string of the molecule is NS(=O)(=O)c1c(C(F)(F)F)ccc(-c2cccc(C(=O)C(Br)c3ccnc(Cl)n3)c2F)c1Cl. The molecule has 33 heavy (non-hydrogen) atoms. The maximum Gasteiger partial charge on any atom is 0.417 e. The van der Waals surface area contributed by atoms with E-state index in [0.29, 0.717) is 6.07 Å². The average molecular weight is 587 g/mol. The number of rotatable bonds is 5. The first-order valence-corrected chi connectivity index (χ1v) is 11.8. The van der Waals surface area contributed by atoms with E-state index in [1.807, 2.05) is 0 Å². The Hall–Kier alpha value is -2.12. The van der Waals surface area contributed by atoms with Gasteiger partial charge < -0.3 is 0 Å². The summed E-state index contributed by atoms with van der Waals surface area (Å²) >= 11 is 14.8. The van der Waals surface area contributed by atoms with Crippen molar-refractivity contribution < 1.29 is 30.8 Å². The van der Waals surface area contributed by atoms with Gasteiger partial charge in [-0.15, -0.1) is 0 Å². The highest BCUT2D eigenvalue weighted by atomic mass is 79.9. The highest BCUT2D eigenvalue weighted by Crippen LogP contribution is 2.42. The topological polar surface area (TPSA) is 103 Å². The molecule has 3 aromatic rings. The fourth-order valence-electron chi connectivity index (χ4n) is 2.96. The second-order valence-corrected chi connectivity index (χ2v) is 9.62. The van der Waals surface area contributed by atoms with Crippen LogP contribution < -0.4 is 5.14 Å². The fraction of sp³-hybridized carbons (Fsp3) is 0.105. The molecule has 174 valence electrons. The van der Waals surface area contributed by atoms with E-state index in [4.69, 9.17) is 28.3 Å². The maximum absolute atomic E-state index is 15.3. The quantitative estimate of drug-likeness (QED) is 0.182. The Morgan fingerprint density at radius 3 is 2.33 bits per heavy atom. The Morgan fingerprint density at radius 2 is 1.76 bits per heavy atom. The molecule has 14 heteroatoms. The Balaban J connectivity index is 2.17. The van der Waals surface area contributed by atoms with Crippen molar-refractivity contribution in [2.24, 2.45) is 5.14 Å². The first-order valence-electron chi connectivity index (χ1n) is 8.61. The van der Waals surface area contributed by atoms with Crippen LogP contribution in [0, 0.1) is 5.82 Å². The van der Waals surface area contributed by atoms with Crippen LogP contribution in [0.5, 0.6) is 0 Å². The second kappa shape index (κ2) is 9.26. The number of halogens is 7. The van der Waals surface area contributed by atoms with Crippen molar-refractivity contribution in [3.63, 3.8) is 0 Å². The Kier molecular flexibility index (Phi) is 7.16. The Morgan fingerprint density at radius 1 is 1.09 bits per heavy atom. The van der Waals surface area contributed by atoms with Crippen LogP contribution in [0.1, 0.15) is 26.4 Å². The molecule has 1 heterocycles. The smallest absolute Gasteiger partial charge is 0.292 e. The molecule has 0 spiro atoms.